The zero-order chi connectivity index (χ0) is 25.0. The number of aromatic nitrogens is 1. The van der Waals surface area contributed by atoms with E-state index in [0.717, 1.165) is 40.2 Å². The van der Waals surface area contributed by atoms with Crippen LogP contribution in [0.5, 0.6) is 0 Å². The monoisotopic (exact) mass is 477 g/mol. The summed E-state index contributed by atoms with van der Waals surface area (Å²) in [5.41, 5.74) is 5.94. The van der Waals surface area contributed by atoms with Gasteiger partial charge in [0.1, 0.15) is 6.54 Å². The van der Waals surface area contributed by atoms with E-state index in [4.69, 9.17) is 0 Å². The summed E-state index contributed by atoms with van der Waals surface area (Å²) in [4.78, 5) is 11.3. The van der Waals surface area contributed by atoms with E-state index in [1.807, 2.05) is 50.6 Å². The zero-order valence-corrected chi connectivity index (χ0v) is 22.1. The Balaban J connectivity index is 0.000000578. The Morgan fingerprint density at radius 1 is 1.15 bits per heavy atom. The highest BCUT2D eigenvalue weighted by Gasteiger charge is 2.22. The van der Waals surface area contributed by atoms with Gasteiger partial charge in [0.25, 0.3) is 0 Å². The van der Waals surface area contributed by atoms with Crippen LogP contribution in [0.25, 0.3) is 0 Å². The van der Waals surface area contributed by atoms with Crippen LogP contribution in [0.2, 0.25) is 0 Å². The topological polar surface area (TPSA) is 77.7 Å². The van der Waals surface area contributed by atoms with Crippen LogP contribution in [-0.2, 0) is 30.8 Å². The summed E-state index contributed by atoms with van der Waals surface area (Å²) in [6.45, 7) is 12.4. The molecule has 0 amide bonds. The number of hydrogen-bond acceptors (Lipinski definition) is 5. The van der Waals surface area contributed by atoms with E-state index in [1.165, 1.54) is 25.9 Å². The number of nitrogens with one attached hydrogen (secondary N) is 1. The molecule has 1 aromatic heterocycles. The molecule has 0 spiro atoms. The fourth-order valence-corrected chi connectivity index (χ4v) is 4.40. The highest BCUT2D eigenvalue weighted by molar-refractivity contribution is 7.77. The first-order valence-electron chi connectivity index (χ1n) is 12.0. The van der Waals surface area contributed by atoms with Crippen molar-refractivity contribution in [3.63, 3.8) is 0 Å². The van der Waals surface area contributed by atoms with Crippen LogP contribution in [0.1, 0.15) is 68.6 Å². The predicted octanol–water partition coefficient (Wildman–Crippen LogP) is 5.16. The normalized spacial score (nSPS) is 13.2. The number of thiol groups is 1. The van der Waals surface area contributed by atoms with Crippen molar-refractivity contribution in [2.75, 3.05) is 25.5 Å². The fraction of sp³-hybridized carbons (Fsp3) is 0.577. The number of benzene rings is 1. The maximum Gasteiger partial charge on any atom is 0.323 e. The molecular formula is C26H43N3O3S. The van der Waals surface area contributed by atoms with Gasteiger partial charge in [-0.1, -0.05) is 58.7 Å². The van der Waals surface area contributed by atoms with E-state index in [-0.39, 0.29) is 13.2 Å². The number of hydrogen-bond donors (Lipinski definition) is 4. The molecule has 1 aromatic carbocycles. The standard InChI is InChI=1S/C20H28N2O3.C4H9NS.C2H6/c1-13(2)9-19-17(12-23)16(14(3)22(19)11-20(24)25)10-15-7-5-6-8-18(15)21-4;6-5-3-1-2-4-5;1-2/h5-8,13,21,23H,9-12H2,1-4H3,(H,24,25);6H,1-4H2;1-2H3. The van der Waals surface area contributed by atoms with Gasteiger partial charge >= 0.3 is 5.97 Å². The fourth-order valence-electron chi connectivity index (χ4n) is 4.12. The molecule has 1 aliphatic heterocycles. The second-order valence-corrected chi connectivity index (χ2v) is 9.04. The number of aliphatic hydroxyl groups excluding tert-OH is 1. The van der Waals surface area contributed by atoms with Crippen LogP contribution in [0.3, 0.4) is 0 Å². The molecule has 0 atom stereocenters. The highest BCUT2D eigenvalue weighted by atomic mass is 32.1. The highest BCUT2D eigenvalue weighted by Crippen LogP contribution is 2.29. The van der Waals surface area contributed by atoms with Crippen molar-refractivity contribution in [3.05, 3.63) is 52.3 Å². The third kappa shape index (κ3) is 8.72. The zero-order valence-electron chi connectivity index (χ0n) is 21.2. The molecule has 186 valence electrons. The molecule has 0 radical (unpaired) electrons. The SMILES string of the molecule is CC.CNc1ccccc1Cc1c(CO)c(CC(C)C)n(CC(=O)O)c1C.SN1CCCC1. The molecule has 33 heavy (non-hydrogen) atoms. The molecule has 3 N–H and O–H groups in total. The predicted molar refractivity (Wildman–Crippen MR) is 141 cm³/mol. The van der Waals surface area contributed by atoms with Gasteiger partial charge in [0.05, 0.1) is 6.61 Å². The Bertz CT molecular complexity index is 859. The number of aliphatic carboxylic acids is 1. The van der Waals surface area contributed by atoms with Gasteiger partial charge in [-0.25, -0.2) is 0 Å². The number of para-hydroxylation sites is 1. The van der Waals surface area contributed by atoms with Crippen LogP contribution in [0.15, 0.2) is 24.3 Å². The van der Waals surface area contributed by atoms with Crippen LogP contribution < -0.4 is 5.32 Å². The first-order valence-corrected chi connectivity index (χ1v) is 12.4. The molecule has 7 heteroatoms. The van der Waals surface area contributed by atoms with Crippen molar-refractivity contribution in [1.82, 2.24) is 8.87 Å². The maximum atomic E-state index is 11.3. The molecule has 1 saturated heterocycles. The Labute approximate surface area is 205 Å². The van der Waals surface area contributed by atoms with Crippen molar-refractivity contribution in [3.8, 4) is 0 Å². The van der Waals surface area contributed by atoms with Crippen molar-refractivity contribution < 1.29 is 15.0 Å². The molecule has 1 aliphatic rings. The van der Waals surface area contributed by atoms with E-state index in [9.17, 15) is 15.0 Å². The lowest BCUT2D eigenvalue weighted by atomic mass is 9.97. The molecule has 0 saturated carbocycles. The van der Waals surface area contributed by atoms with Crippen LogP contribution in [-0.4, -0.2) is 45.2 Å². The van der Waals surface area contributed by atoms with Gasteiger partial charge in [-0.2, -0.15) is 0 Å². The van der Waals surface area contributed by atoms with Gasteiger partial charge in [0.2, 0.25) is 0 Å². The average molecular weight is 478 g/mol. The van der Waals surface area contributed by atoms with Gasteiger partial charge in [0, 0.05) is 49.2 Å². The van der Waals surface area contributed by atoms with Gasteiger partial charge in [-0.05, 0) is 49.3 Å². The number of anilines is 1. The lowest BCUT2D eigenvalue weighted by Gasteiger charge is -2.12. The summed E-state index contributed by atoms with van der Waals surface area (Å²) in [6.07, 6.45) is 4.08. The summed E-state index contributed by atoms with van der Waals surface area (Å²) in [6, 6.07) is 8.05. The Morgan fingerprint density at radius 2 is 1.76 bits per heavy atom. The minimum absolute atomic E-state index is 0.0748. The second-order valence-electron chi connectivity index (χ2n) is 8.47. The lowest BCUT2D eigenvalue weighted by Crippen LogP contribution is -2.15. The van der Waals surface area contributed by atoms with E-state index >= 15 is 0 Å². The Morgan fingerprint density at radius 3 is 2.21 bits per heavy atom. The van der Waals surface area contributed by atoms with E-state index < -0.39 is 5.97 Å². The smallest absolute Gasteiger partial charge is 0.323 e. The number of carboxylic acids is 1. The van der Waals surface area contributed by atoms with Crippen molar-refractivity contribution >= 4 is 24.5 Å². The Hall–Kier alpha value is -1.96. The number of carbonyl (C=O) groups is 1. The minimum Gasteiger partial charge on any atom is -0.480 e. The van der Waals surface area contributed by atoms with Crippen molar-refractivity contribution in [2.24, 2.45) is 5.92 Å². The number of rotatable bonds is 8. The van der Waals surface area contributed by atoms with Gasteiger partial charge in [-0.3, -0.25) is 9.10 Å². The van der Waals surface area contributed by atoms with E-state index in [2.05, 4.69) is 42.4 Å². The summed E-state index contributed by atoms with van der Waals surface area (Å²) in [7, 11) is 1.89. The lowest BCUT2D eigenvalue weighted by molar-refractivity contribution is -0.137. The minimum atomic E-state index is -0.866. The number of carboxylic acid groups (broad SMARTS) is 1. The summed E-state index contributed by atoms with van der Waals surface area (Å²) < 4.78 is 3.91. The third-order valence-electron chi connectivity index (χ3n) is 5.67. The molecule has 2 aromatic rings. The summed E-state index contributed by atoms with van der Waals surface area (Å²) in [5, 5.41) is 22.5. The van der Waals surface area contributed by atoms with Crippen LogP contribution in [0, 0.1) is 12.8 Å². The molecule has 1 fully saturated rings. The second kappa shape index (κ2) is 15.0. The summed E-state index contributed by atoms with van der Waals surface area (Å²) in [5.74, 6) is -0.487. The van der Waals surface area contributed by atoms with Gasteiger partial charge < -0.3 is 20.1 Å². The molecule has 3 rings (SSSR count). The van der Waals surface area contributed by atoms with Crippen LogP contribution >= 0.6 is 12.8 Å². The molecular weight excluding hydrogens is 434 g/mol. The molecule has 2 heterocycles. The van der Waals surface area contributed by atoms with E-state index in [0.29, 0.717) is 12.3 Å². The molecule has 0 aliphatic carbocycles. The van der Waals surface area contributed by atoms with Crippen molar-refractivity contribution in [1.29, 1.82) is 0 Å². The van der Waals surface area contributed by atoms with E-state index in [1.54, 1.807) is 0 Å². The molecule has 0 unspecified atom stereocenters. The Kier molecular flexibility index (Phi) is 13.3. The first kappa shape index (κ1) is 29.1. The quantitative estimate of drug-likeness (QED) is 0.395. The molecule has 0 bridgehead atoms. The van der Waals surface area contributed by atoms with Gasteiger partial charge in [-0.15, -0.1) is 0 Å². The maximum absolute atomic E-state index is 11.3. The van der Waals surface area contributed by atoms with Crippen molar-refractivity contribution in [2.45, 2.75) is 73.5 Å². The number of aliphatic hydroxyl groups is 1. The number of nitrogens with zero attached hydrogens (tertiary/aromatic N) is 2. The van der Waals surface area contributed by atoms with Gasteiger partial charge in [0.15, 0.2) is 0 Å². The van der Waals surface area contributed by atoms with Crippen LogP contribution in [0.4, 0.5) is 5.69 Å². The molecule has 6 nitrogen and oxygen atoms in total. The largest absolute Gasteiger partial charge is 0.480 e. The first-order chi connectivity index (χ1) is 15.8. The average Bonchev–Trinajstić information content (AvgIpc) is 3.36. The summed E-state index contributed by atoms with van der Waals surface area (Å²) >= 11 is 4.13. The third-order valence-corrected chi connectivity index (χ3v) is 6.07.